The van der Waals surface area contributed by atoms with Gasteiger partial charge in [-0.1, -0.05) is 73.3 Å². The van der Waals surface area contributed by atoms with E-state index in [9.17, 15) is 9.90 Å². The van der Waals surface area contributed by atoms with Crippen molar-refractivity contribution in [3.8, 4) is 0 Å². The Labute approximate surface area is 222 Å². The lowest BCUT2D eigenvalue weighted by Crippen LogP contribution is -2.31. The Hall–Kier alpha value is -2.25. The Kier molecular flexibility index (Phi) is 12.1. The highest BCUT2D eigenvalue weighted by atomic mass is 16.6. The maximum atomic E-state index is 12.7. The van der Waals surface area contributed by atoms with Crippen molar-refractivity contribution < 1.29 is 28.8 Å². The van der Waals surface area contributed by atoms with Crippen LogP contribution in [-0.4, -0.2) is 61.4 Å². The van der Waals surface area contributed by atoms with Gasteiger partial charge in [0.1, 0.15) is 12.2 Å². The normalized spacial score (nSPS) is 35.2. The molecular formula is C31H44O6. The summed E-state index contributed by atoms with van der Waals surface area (Å²) in [5.41, 5.74) is 2.31. The van der Waals surface area contributed by atoms with Crippen LogP contribution in [0.2, 0.25) is 0 Å². The first-order chi connectivity index (χ1) is 17.8. The fourth-order valence-corrected chi connectivity index (χ4v) is 5.08. The van der Waals surface area contributed by atoms with Crippen LogP contribution in [-0.2, 0) is 23.7 Å². The molecule has 0 aromatic carbocycles. The second-order valence-electron chi connectivity index (χ2n) is 10.5. The van der Waals surface area contributed by atoms with Gasteiger partial charge < -0.3 is 24.1 Å². The van der Waals surface area contributed by atoms with E-state index >= 15 is 0 Å². The molecule has 1 N–H and O–H groups in total. The van der Waals surface area contributed by atoms with E-state index in [2.05, 4.69) is 38.7 Å². The van der Waals surface area contributed by atoms with Crippen LogP contribution < -0.4 is 0 Å². The van der Waals surface area contributed by atoms with Gasteiger partial charge in [0, 0.05) is 19.6 Å². The van der Waals surface area contributed by atoms with Gasteiger partial charge in [0.15, 0.2) is 0 Å². The summed E-state index contributed by atoms with van der Waals surface area (Å²) >= 11 is 0. The number of rotatable bonds is 4. The SMILES string of the molecule is C=C1CC(O)/C=C\CC(C(C=CC2CC(C)=CCO2)OC)OC(=O)/C=C\CC2C=CCC(CC(C)C1)O2. The monoisotopic (exact) mass is 512 g/mol. The molecule has 3 heterocycles. The Balaban J connectivity index is 1.73. The molecule has 0 fully saturated rings. The quantitative estimate of drug-likeness (QED) is 0.393. The molecule has 204 valence electrons. The summed E-state index contributed by atoms with van der Waals surface area (Å²) in [4.78, 5) is 12.7. The van der Waals surface area contributed by atoms with Crippen LogP contribution in [0.3, 0.4) is 0 Å². The minimum Gasteiger partial charge on any atom is -0.456 e. The predicted octanol–water partition coefficient (Wildman–Crippen LogP) is 5.55. The van der Waals surface area contributed by atoms with E-state index in [0.29, 0.717) is 31.8 Å². The molecule has 0 aromatic rings. The Morgan fingerprint density at radius 3 is 2.73 bits per heavy atom. The first-order valence-electron chi connectivity index (χ1n) is 13.5. The van der Waals surface area contributed by atoms with Crippen LogP contribution in [0, 0.1) is 5.92 Å². The second kappa shape index (κ2) is 15.2. The summed E-state index contributed by atoms with van der Waals surface area (Å²) in [6.45, 7) is 9.08. The molecule has 0 radical (unpaired) electrons. The molecule has 3 aliphatic heterocycles. The highest BCUT2D eigenvalue weighted by Crippen LogP contribution is 2.26. The molecule has 0 amide bonds. The number of fused-ring (bicyclic) bond motifs is 2. The van der Waals surface area contributed by atoms with E-state index in [1.54, 1.807) is 13.2 Å². The van der Waals surface area contributed by atoms with Gasteiger partial charge in [-0.3, -0.25) is 0 Å². The number of methoxy groups -OCH3 is 1. The summed E-state index contributed by atoms with van der Waals surface area (Å²) in [7, 11) is 1.60. The largest absolute Gasteiger partial charge is 0.456 e. The van der Waals surface area contributed by atoms with Crippen LogP contribution in [0.4, 0.5) is 0 Å². The number of esters is 1. The lowest BCUT2D eigenvalue weighted by atomic mass is 9.91. The van der Waals surface area contributed by atoms with Crippen LogP contribution in [0.1, 0.15) is 58.8 Å². The van der Waals surface area contributed by atoms with E-state index in [4.69, 9.17) is 18.9 Å². The molecule has 0 aromatic heterocycles. The summed E-state index contributed by atoms with van der Waals surface area (Å²) in [6, 6.07) is 0. The average Bonchev–Trinajstić information content (AvgIpc) is 2.83. The minimum absolute atomic E-state index is 0.0319. The molecule has 3 aliphatic rings. The first kappa shape index (κ1) is 29.3. The number of hydrogen-bond donors (Lipinski definition) is 1. The maximum absolute atomic E-state index is 12.7. The van der Waals surface area contributed by atoms with Crippen LogP contribution in [0.15, 0.2) is 72.4 Å². The molecule has 37 heavy (non-hydrogen) atoms. The molecule has 6 heteroatoms. The zero-order valence-corrected chi connectivity index (χ0v) is 22.6. The zero-order valence-electron chi connectivity index (χ0n) is 22.6. The summed E-state index contributed by atoms with van der Waals surface area (Å²) in [5, 5.41) is 10.6. The number of carbonyl (C=O) groups is 1. The number of ether oxygens (including phenoxy) is 4. The van der Waals surface area contributed by atoms with E-state index in [1.807, 2.05) is 24.3 Å². The lowest BCUT2D eigenvalue weighted by molar-refractivity contribution is -0.148. The van der Waals surface area contributed by atoms with Crippen molar-refractivity contribution in [2.75, 3.05) is 13.7 Å². The third-order valence-corrected chi connectivity index (χ3v) is 6.95. The molecule has 2 bridgehead atoms. The van der Waals surface area contributed by atoms with Crippen molar-refractivity contribution >= 4 is 5.97 Å². The molecule has 3 rings (SSSR count). The fourth-order valence-electron chi connectivity index (χ4n) is 5.08. The first-order valence-corrected chi connectivity index (χ1v) is 13.5. The molecule has 7 atom stereocenters. The molecule has 7 unspecified atom stereocenters. The summed E-state index contributed by atoms with van der Waals surface area (Å²) < 4.78 is 23.6. The zero-order chi connectivity index (χ0) is 26.6. The van der Waals surface area contributed by atoms with Crippen LogP contribution in [0.25, 0.3) is 0 Å². The molecule has 0 spiro atoms. The fraction of sp³-hybridized carbons (Fsp3) is 0.581. The van der Waals surface area contributed by atoms with Crippen molar-refractivity contribution in [3.63, 3.8) is 0 Å². The van der Waals surface area contributed by atoms with Gasteiger partial charge in [0.25, 0.3) is 0 Å². The summed E-state index contributed by atoms with van der Waals surface area (Å²) in [5.74, 6) is -0.0159. The van der Waals surface area contributed by atoms with Gasteiger partial charge in [0.2, 0.25) is 0 Å². The van der Waals surface area contributed by atoms with Gasteiger partial charge in [-0.15, -0.1) is 0 Å². The van der Waals surface area contributed by atoms with E-state index in [0.717, 1.165) is 31.3 Å². The third-order valence-electron chi connectivity index (χ3n) is 6.95. The highest BCUT2D eigenvalue weighted by Gasteiger charge is 2.24. The van der Waals surface area contributed by atoms with Gasteiger partial charge in [0.05, 0.1) is 31.0 Å². The standard InChI is InChI=1S/C31H44O6/c1-22-16-17-35-27(20-22)14-15-29(34-4)30-12-5-8-25(32)19-23(2)18-24(3)21-28-11-6-9-26(36-28)10-7-13-31(33)37-30/h5-9,13-16,24-30,32H,2,10-12,17-21H2,1,3-4H3/b8-5-,13-7-,15-14?. The van der Waals surface area contributed by atoms with Gasteiger partial charge in [-0.05, 0) is 51.4 Å². The van der Waals surface area contributed by atoms with Crippen molar-refractivity contribution in [2.24, 2.45) is 5.92 Å². The second-order valence-corrected chi connectivity index (χ2v) is 10.5. The molecule has 0 saturated heterocycles. The van der Waals surface area contributed by atoms with Crippen molar-refractivity contribution in [2.45, 2.75) is 95.4 Å². The number of aliphatic hydroxyl groups is 1. The molecule has 6 nitrogen and oxygen atoms in total. The van der Waals surface area contributed by atoms with Crippen LogP contribution in [0.5, 0.6) is 0 Å². The Bertz CT molecular complexity index is 897. The average molecular weight is 513 g/mol. The number of carbonyl (C=O) groups excluding carboxylic acids is 1. The number of aliphatic hydroxyl groups excluding tert-OH is 1. The topological polar surface area (TPSA) is 74.2 Å². The predicted molar refractivity (Wildman–Crippen MR) is 146 cm³/mol. The van der Waals surface area contributed by atoms with Gasteiger partial charge in [-0.25, -0.2) is 4.79 Å². The lowest BCUT2D eigenvalue weighted by Gasteiger charge is -2.28. The third kappa shape index (κ3) is 10.6. The minimum atomic E-state index is -0.644. The molecule has 0 aliphatic carbocycles. The number of cyclic esters (lactones) is 1. The number of hydrogen-bond acceptors (Lipinski definition) is 6. The van der Waals surface area contributed by atoms with Crippen molar-refractivity contribution in [3.05, 3.63) is 72.4 Å². The van der Waals surface area contributed by atoms with Gasteiger partial charge in [-0.2, -0.15) is 0 Å². The van der Waals surface area contributed by atoms with Crippen LogP contribution >= 0.6 is 0 Å². The van der Waals surface area contributed by atoms with Gasteiger partial charge >= 0.3 is 5.97 Å². The smallest absolute Gasteiger partial charge is 0.330 e. The van der Waals surface area contributed by atoms with Crippen molar-refractivity contribution in [1.82, 2.24) is 0 Å². The Morgan fingerprint density at radius 1 is 1.14 bits per heavy atom. The Morgan fingerprint density at radius 2 is 1.95 bits per heavy atom. The summed E-state index contributed by atoms with van der Waals surface area (Å²) in [6.07, 6.45) is 20.5. The van der Waals surface area contributed by atoms with E-state index < -0.39 is 24.3 Å². The molecule has 0 saturated carbocycles. The maximum Gasteiger partial charge on any atom is 0.330 e. The highest BCUT2D eigenvalue weighted by molar-refractivity contribution is 5.82. The molecular weight excluding hydrogens is 468 g/mol. The van der Waals surface area contributed by atoms with E-state index in [1.165, 1.54) is 11.6 Å². The van der Waals surface area contributed by atoms with E-state index in [-0.39, 0.29) is 18.3 Å². The van der Waals surface area contributed by atoms with Crippen molar-refractivity contribution in [1.29, 1.82) is 0 Å².